The van der Waals surface area contributed by atoms with Gasteiger partial charge in [-0.2, -0.15) is 0 Å². The van der Waals surface area contributed by atoms with Gasteiger partial charge >= 0.3 is 0 Å². The Labute approximate surface area is 148 Å². The van der Waals surface area contributed by atoms with E-state index in [2.05, 4.69) is 38.1 Å². The summed E-state index contributed by atoms with van der Waals surface area (Å²) < 4.78 is 6.56. The molecule has 2 aromatic carbocycles. The molecular weight excluding hydrogens is 370 g/mol. The number of hydrogen-bond donors (Lipinski definition) is 2. The molecule has 0 saturated carbocycles. The number of aromatic nitrogens is 2. The monoisotopic (exact) mass is 387 g/mol. The lowest BCUT2D eigenvalue weighted by Gasteiger charge is -2.11. The van der Waals surface area contributed by atoms with Crippen molar-refractivity contribution in [2.24, 2.45) is 0 Å². The van der Waals surface area contributed by atoms with Gasteiger partial charge in [0.05, 0.1) is 23.2 Å². The van der Waals surface area contributed by atoms with E-state index in [-0.39, 0.29) is 5.91 Å². The average Bonchev–Trinajstić information content (AvgIpc) is 2.98. The van der Waals surface area contributed by atoms with Crippen molar-refractivity contribution in [3.05, 3.63) is 52.5 Å². The quantitative estimate of drug-likeness (QED) is 0.599. The van der Waals surface area contributed by atoms with Crippen LogP contribution in [0, 0.1) is 0 Å². The van der Waals surface area contributed by atoms with Crippen molar-refractivity contribution < 1.29 is 9.53 Å². The summed E-state index contributed by atoms with van der Waals surface area (Å²) in [7, 11) is 0. The number of imidazole rings is 1. The highest BCUT2D eigenvalue weighted by atomic mass is 79.9. The van der Waals surface area contributed by atoms with Crippen LogP contribution >= 0.6 is 15.9 Å². The van der Waals surface area contributed by atoms with Crippen molar-refractivity contribution >= 4 is 38.8 Å². The average molecular weight is 388 g/mol. The van der Waals surface area contributed by atoms with E-state index in [1.165, 1.54) is 0 Å². The molecule has 1 aromatic heterocycles. The van der Waals surface area contributed by atoms with Crippen molar-refractivity contribution in [2.75, 3.05) is 11.9 Å². The molecule has 0 aliphatic rings. The van der Waals surface area contributed by atoms with E-state index >= 15 is 0 Å². The molecule has 1 heterocycles. The summed E-state index contributed by atoms with van der Waals surface area (Å²) in [6, 6.07) is 13.0. The third-order valence-electron chi connectivity index (χ3n) is 3.56. The molecule has 1 amide bonds. The lowest BCUT2D eigenvalue weighted by atomic mass is 10.2. The summed E-state index contributed by atoms with van der Waals surface area (Å²) in [5, 5.41) is 2.80. The second-order valence-corrected chi connectivity index (χ2v) is 6.31. The number of nitrogens with zero attached hydrogens (tertiary/aromatic N) is 1. The molecule has 0 saturated heterocycles. The van der Waals surface area contributed by atoms with Crippen LogP contribution < -0.4 is 10.1 Å². The zero-order valence-electron chi connectivity index (χ0n) is 13.3. The highest BCUT2D eigenvalue weighted by Gasteiger charge is 2.15. The summed E-state index contributed by atoms with van der Waals surface area (Å²) in [6.45, 7) is 2.68. The number of amides is 1. The van der Waals surface area contributed by atoms with Crippen LogP contribution in [0.1, 0.15) is 30.1 Å². The van der Waals surface area contributed by atoms with E-state index in [1.54, 1.807) is 12.1 Å². The van der Waals surface area contributed by atoms with Gasteiger partial charge in [-0.05, 0) is 36.8 Å². The van der Waals surface area contributed by atoms with Gasteiger partial charge in [0.2, 0.25) is 5.95 Å². The number of carbonyl (C=O) groups excluding carboxylic acids is 1. The third kappa shape index (κ3) is 3.76. The van der Waals surface area contributed by atoms with Gasteiger partial charge in [-0.3, -0.25) is 10.1 Å². The Morgan fingerprint density at radius 1 is 1.29 bits per heavy atom. The number of benzene rings is 2. The van der Waals surface area contributed by atoms with Crippen molar-refractivity contribution in [2.45, 2.75) is 19.8 Å². The van der Waals surface area contributed by atoms with E-state index < -0.39 is 0 Å². The van der Waals surface area contributed by atoms with Crippen LogP contribution in [0.15, 0.2) is 46.9 Å². The molecule has 0 fully saturated rings. The first-order valence-electron chi connectivity index (χ1n) is 7.86. The highest BCUT2D eigenvalue weighted by molar-refractivity contribution is 9.10. The fourth-order valence-corrected chi connectivity index (χ4v) is 2.68. The molecule has 0 bridgehead atoms. The fourth-order valence-electron chi connectivity index (χ4n) is 2.32. The van der Waals surface area contributed by atoms with E-state index in [0.717, 1.165) is 28.3 Å². The summed E-state index contributed by atoms with van der Waals surface area (Å²) in [6.07, 6.45) is 1.98. The van der Waals surface area contributed by atoms with Gasteiger partial charge in [0, 0.05) is 4.47 Å². The predicted octanol–water partition coefficient (Wildman–Crippen LogP) is 4.76. The summed E-state index contributed by atoms with van der Waals surface area (Å²) >= 11 is 3.40. The number of halogens is 1. The lowest BCUT2D eigenvalue weighted by molar-refractivity contribution is 0.102. The number of fused-ring (bicyclic) bond motifs is 1. The zero-order chi connectivity index (χ0) is 16.9. The van der Waals surface area contributed by atoms with Crippen LogP contribution in [-0.2, 0) is 0 Å². The molecule has 0 aliphatic carbocycles. The molecule has 5 nitrogen and oxygen atoms in total. The normalized spacial score (nSPS) is 10.8. The molecule has 3 aromatic rings. The largest absolute Gasteiger partial charge is 0.493 e. The van der Waals surface area contributed by atoms with Gasteiger partial charge in [-0.25, -0.2) is 4.98 Å². The first kappa shape index (κ1) is 16.5. The van der Waals surface area contributed by atoms with E-state index in [4.69, 9.17) is 4.74 Å². The lowest BCUT2D eigenvalue weighted by Crippen LogP contribution is -2.15. The molecule has 0 spiro atoms. The molecule has 0 radical (unpaired) electrons. The molecule has 0 aliphatic heterocycles. The second-order valence-electron chi connectivity index (χ2n) is 5.40. The summed E-state index contributed by atoms with van der Waals surface area (Å²) in [5.74, 6) is 0.725. The highest BCUT2D eigenvalue weighted by Crippen LogP contribution is 2.25. The second kappa shape index (κ2) is 7.49. The number of rotatable bonds is 6. The van der Waals surface area contributed by atoms with Gasteiger partial charge in [0.25, 0.3) is 5.91 Å². The molecule has 6 heteroatoms. The maximum Gasteiger partial charge on any atom is 0.261 e. The first-order valence-corrected chi connectivity index (χ1v) is 8.65. The predicted molar refractivity (Wildman–Crippen MR) is 98.6 cm³/mol. The molecule has 3 rings (SSSR count). The van der Waals surface area contributed by atoms with Crippen molar-refractivity contribution in [3.8, 4) is 5.75 Å². The number of aromatic amines is 1. The summed E-state index contributed by atoms with van der Waals surface area (Å²) in [5.41, 5.74) is 2.16. The Hall–Kier alpha value is -2.34. The zero-order valence-corrected chi connectivity index (χ0v) is 14.9. The van der Waals surface area contributed by atoms with Gasteiger partial charge < -0.3 is 9.72 Å². The Bertz CT molecular complexity index is 827. The standard InChI is InChI=1S/C18H18BrN3O2/c1-2-3-10-24-16-9-8-12(19)11-13(16)17(23)22-18-20-14-6-4-5-7-15(14)21-18/h4-9,11H,2-3,10H2,1H3,(H2,20,21,22,23). The van der Waals surface area contributed by atoms with Crippen LogP contribution in [0.4, 0.5) is 5.95 Å². The number of nitrogens with one attached hydrogen (secondary N) is 2. The molecule has 2 N–H and O–H groups in total. The first-order chi connectivity index (χ1) is 11.7. The van der Waals surface area contributed by atoms with Crippen LogP contribution in [0.25, 0.3) is 11.0 Å². The smallest absolute Gasteiger partial charge is 0.261 e. The van der Waals surface area contributed by atoms with Crippen molar-refractivity contribution in [1.29, 1.82) is 0 Å². The van der Waals surface area contributed by atoms with Gasteiger partial charge in [0.1, 0.15) is 5.75 Å². The maximum absolute atomic E-state index is 12.6. The number of unbranched alkanes of at least 4 members (excludes halogenated alkanes) is 1. The number of H-pyrrole nitrogens is 1. The van der Waals surface area contributed by atoms with E-state index in [1.807, 2.05) is 30.3 Å². The molecule has 24 heavy (non-hydrogen) atoms. The number of ether oxygens (including phenoxy) is 1. The third-order valence-corrected chi connectivity index (χ3v) is 4.06. The topological polar surface area (TPSA) is 67.0 Å². The minimum absolute atomic E-state index is 0.262. The maximum atomic E-state index is 12.6. The number of hydrogen-bond acceptors (Lipinski definition) is 3. The van der Waals surface area contributed by atoms with Gasteiger partial charge in [0.15, 0.2) is 0 Å². The van der Waals surface area contributed by atoms with Crippen molar-refractivity contribution in [1.82, 2.24) is 9.97 Å². The molecule has 0 atom stereocenters. The van der Waals surface area contributed by atoms with E-state index in [9.17, 15) is 4.79 Å². The Balaban J connectivity index is 1.81. The SMILES string of the molecule is CCCCOc1ccc(Br)cc1C(=O)Nc1nc2ccccc2[nH]1. The fraction of sp³-hybridized carbons (Fsp3) is 0.222. The van der Waals surface area contributed by atoms with Crippen LogP contribution in [0.3, 0.4) is 0 Å². The molecule has 124 valence electrons. The minimum Gasteiger partial charge on any atom is -0.493 e. The Morgan fingerprint density at radius 2 is 2.12 bits per heavy atom. The number of carbonyl (C=O) groups is 1. The van der Waals surface area contributed by atoms with Crippen LogP contribution in [-0.4, -0.2) is 22.5 Å². The molecule has 0 unspecified atom stereocenters. The Morgan fingerprint density at radius 3 is 2.92 bits per heavy atom. The minimum atomic E-state index is -0.262. The van der Waals surface area contributed by atoms with Gasteiger partial charge in [-0.15, -0.1) is 0 Å². The Kier molecular flexibility index (Phi) is 5.15. The molecular formula is C18H18BrN3O2. The summed E-state index contributed by atoms with van der Waals surface area (Å²) in [4.78, 5) is 20.1. The number of para-hydroxylation sites is 2. The van der Waals surface area contributed by atoms with Gasteiger partial charge in [-0.1, -0.05) is 41.4 Å². The van der Waals surface area contributed by atoms with Crippen molar-refractivity contribution in [3.63, 3.8) is 0 Å². The van der Waals surface area contributed by atoms with Crippen LogP contribution in [0.5, 0.6) is 5.75 Å². The van der Waals surface area contributed by atoms with E-state index in [0.29, 0.717) is 23.9 Å². The van der Waals surface area contributed by atoms with Crippen LogP contribution in [0.2, 0.25) is 0 Å². The number of anilines is 1.